The first kappa shape index (κ1) is 23.4. The highest BCUT2D eigenvalue weighted by Gasteiger charge is 2.05. The molecule has 0 aromatic rings. The van der Waals surface area contributed by atoms with E-state index in [1.54, 1.807) is 0 Å². The fourth-order valence-corrected chi connectivity index (χ4v) is 3.01. The van der Waals surface area contributed by atoms with Crippen molar-refractivity contribution in [1.29, 1.82) is 0 Å². The Morgan fingerprint density at radius 3 is 1.54 bits per heavy atom. The first-order chi connectivity index (χ1) is 11.7. The smallest absolute Gasteiger partial charge is 0.135 e. The molecule has 0 bridgehead atoms. The Kier molecular flexibility index (Phi) is 18.3. The topological polar surface area (TPSA) is 17.1 Å². The van der Waals surface area contributed by atoms with Gasteiger partial charge in [-0.1, -0.05) is 97.1 Å². The van der Waals surface area contributed by atoms with E-state index in [-0.39, 0.29) is 5.92 Å². The van der Waals surface area contributed by atoms with E-state index in [9.17, 15) is 4.79 Å². The molecule has 142 valence electrons. The fraction of sp³-hybridized carbons (Fsp3) is 0.870. The number of allylic oxidation sites excluding steroid dienone is 2. The summed E-state index contributed by atoms with van der Waals surface area (Å²) in [7, 11) is 0. The van der Waals surface area contributed by atoms with Crippen molar-refractivity contribution in [3.63, 3.8) is 0 Å². The molecule has 0 rings (SSSR count). The normalized spacial score (nSPS) is 11.7. The van der Waals surface area contributed by atoms with E-state index in [0.717, 1.165) is 12.8 Å². The Morgan fingerprint density at radius 1 is 0.667 bits per heavy atom. The average Bonchev–Trinajstić information content (AvgIpc) is 2.57. The maximum Gasteiger partial charge on any atom is 0.135 e. The number of carbonyl (C=O) groups excluding carboxylic acids is 1. The zero-order valence-corrected chi connectivity index (χ0v) is 17.0. The second-order valence-corrected chi connectivity index (χ2v) is 7.66. The number of Topliss-reactive ketones (excluding diaryl/α,β-unsaturated/α-hetero) is 1. The summed E-state index contributed by atoms with van der Waals surface area (Å²) in [4.78, 5) is 11.5. The summed E-state index contributed by atoms with van der Waals surface area (Å²) >= 11 is 0. The van der Waals surface area contributed by atoms with Crippen molar-refractivity contribution in [2.75, 3.05) is 0 Å². The molecule has 0 spiro atoms. The van der Waals surface area contributed by atoms with Crippen molar-refractivity contribution >= 4 is 5.78 Å². The highest BCUT2D eigenvalue weighted by atomic mass is 16.1. The van der Waals surface area contributed by atoms with Gasteiger partial charge in [0.15, 0.2) is 0 Å². The zero-order valence-electron chi connectivity index (χ0n) is 17.0. The molecular weight excluding hydrogens is 292 g/mol. The lowest BCUT2D eigenvalue weighted by Crippen LogP contribution is -2.05. The van der Waals surface area contributed by atoms with Gasteiger partial charge in [0.1, 0.15) is 5.78 Å². The van der Waals surface area contributed by atoms with Crippen LogP contribution in [0.15, 0.2) is 12.2 Å². The number of hydrogen-bond donors (Lipinski definition) is 0. The molecule has 1 nitrogen and oxygen atoms in total. The first-order valence-corrected chi connectivity index (χ1v) is 10.9. The van der Waals surface area contributed by atoms with Crippen LogP contribution < -0.4 is 0 Å². The highest BCUT2D eigenvalue weighted by molar-refractivity contribution is 5.80. The second kappa shape index (κ2) is 18.7. The third-order valence-electron chi connectivity index (χ3n) is 4.83. The van der Waals surface area contributed by atoms with E-state index in [1.165, 1.54) is 89.9 Å². The summed E-state index contributed by atoms with van der Waals surface area (Å²) < 4.78 is 0. The van der Waals surface area contributed by atoms with Crippen LogP contribution in [0.4, 0.5) is 0 Å². The van der Waals surface area contributed by atoms with Crippen LogP contribution in [0.5, 0.6) is 0 Å². The van der Waals surface area contributed by atoms with Crippen molar-refractivity contribution in [1.82, 2.24) is 0 Å². The summed E-state index contributed by atoms with van der Waals surface area (Å²) in [5, 5.41) is 0. The summed E-state index contributed by atoms with van der Waals surface area (Å²) in [6.45, 7) is 6.29. The van der Waals surface area contributed by atoms with Gasteiger partial charge >= 0.3 is 0 Å². The molecule has 24 heavy (non-hydrogen) atoms. The number of ketones is 1. The minimum Gasteiger partial charge on any atom is -0.299 e. The molecule has 0 heterocycles. The number of rotatable bonds is 18. The van der Waals surface area contributed by atoms with Crippen LogP contribution in [0.2, 0.25) is 0 Å². The lowest BCUT2D eigenvalue weighted by molar-refractivity contribution is -0.122. The van der Waals surface area contributed by atoms with E-state index >= 15 is 0 Å². The molecule has 0 unspecified atom stereocenters. The van der Waals surface area contributed by atoms with Crippen LogP contribution in [0.1, 0.15) is 124 Å². The van der Waals surface area contributed by atoms with E-state index < -0.39 is 0 Å². The maximum atomic E-state index is 11.5. The summed E-state index contributed by atoms with van der Waals surface area (Å²) in [5.74, 6) is 0.654. The van der Waals surface area contributed by atoms with Gasteiger partial charge in [-0.25, -0.2) is 0 Å². The van der Waals surface area contributed by atoms with Gasteiger partial charge in [-0.15, -0.1) is 0 Å². The lowest BCUT2D eigenvalue weighted by Gasteiger charge is -2.04. The molecule has 0 fully saturated rings. The second-order valence-electron chi connectivity index (χ2n) is 7.66. The van der Waals surface area contributed by atoms with Gasteiger partial charge in [-0.2, -0.15) is 0 Å². The minimum absolute atomic E-state index is 0.221. The van der Waals surface area contributed by atoms with Crippen LogP contribution in [0.25, 0.3) is 0 Å². The molecule has 0 radical (unpaired) electrons. The quantitative estimate of drug-likeness (QED) is 0.183. The largest absolute Gasteiger partial charge is 0.299 e. The van der Waals surface area contributed by atoms with Gasteiger partial charge in [0.2, 0.25) is 0 Å². The molecule has 0 aliphatic carbocycles. The van der Waals surface area contributed by atoms with Crippen molar-refractivity contribution in [2.24, 2.45) is 5.92 Å². The minimum atomic E-state index is 0.221. The number of hydrogen-bond acceptors (Lipinski definition) is 1. The van der Waals surface area contributed by atoms with Crippen molar-refractivity contribution in [3.8, 4) is 0 Å². The standard InChI is InChI=1S/C23H44O/c1-4-5-6-7-8-9-10-11-12-13-14-15-16-17-18-19-20-21-23(24)22(2)3/h11-12,22H,4-10,13-21H2,1-3H3/b12-11+. The number of carbonyl (C=O) groups is 1. The third-order valence-corrected chi connectivity index (χ3v) is 4.83. The van der Waals surface area contributed by atoms with Crippen molar-refractivity contribution < 1.29 is 4.79 Å². The molecule has 0 aromatic carbocycles. The molecule has 0 amide bonds. The van der Waals surface area contributed by atoms with Crippen molar-refractivity contribution in [2.45, 2.75) is 124 Å². The number of unbranched alkanes of at least 4 members (excludes halogenated alkanes) is 13. The summed E-state index contributed by atoms with van der Waals surface area (Å²) in [5.41, 5.74) is 0. The van der Waals surface area contributed by atoms with Crippen LogP contribution in [-0.2, 0) is 4.79 Å². The first-order valence-electron chi connectivity index (χ1n) is 10.9. The lowest BCUT2D eigenvalue weighted by atomic mass is 10.0. The molecule has 0 aliphatic rings. The van der Waals surface area contributed by atoms with E-state index in [1.807, 2.05) is 13.8 Å². The maximum absolute atomic E-state index is 11.5. The van der Waals surface area contributed by atoms with E-state index in [2.05, 4.69) is 19.1 Å². The van der Waals surface area contributed by atoms with E-state index in [0.29, 0.717) is 5.78 Å². The summed E-state index contributed by atoms with van der Waals surface area (Å²) in [6.07, 6.45) is 25.6. The predicted octanol–water partition coefficient (Wildman–Crippen LogP) is 8.03. The van der Waals surface area contributed by atoms with Gasteiger partial charge in [0.25, 0.3) is 0 Å². The van der Waals surface area contributed by atoms with Gasteiger partial charge in [0, 0.05) is 12.3 Å². The van der Waals surface area contributed by atoms with Crippen LogP contribution in [-0.4, -0.2) is 5.78 Å². The highest BCUT2D eigenvalue weighted by Crippen LogP contribution is 2.12. The average molecular weight is 337 g/mol. The fourth-order valence-electron chi connectivity index (χ4n) is 3.01. The molecule has 0 aliphatic heterocycles. The molecule has 0 saturated heterocycles. The SMILES string of the molecule is CCCCCCCC/C=C/CCCCCCCCCC(=O)C(C)C. The van der Waals surface area contributed by atoms with Crippen LogP contribution >= 0.6 is 0 Å². The molecule has 0 N–H and O–H groups in total. The molecule has 0 atom stereocenters. The molecule has 0 aromatic heterocycles. The van der Waals surface area contributed by atoms with Crippen molar-refractivity contribution in [3.05, 3.63) is 12.2 Å². The van der Waals surface area contributed by atoms with Crippen LogP contribution in [0.3, 0.4) is 0 Å². The third kappa shape index (κ3) is 17.8. The van der Waals surface area contributed by atoms with Gasteiger partial charge in [-0.05, 0) is 32.1 Å². The van der Waals surface area contributed by atoms with Gasteiger partial charge in [-0.3, -0.25) is 4.79 Å². The predicted molar refractivity (Wildman–Crippen MR) is 109 cm³/mol. The molecular formula is C23H44O. The van der Waals surface area contributed by atoms with E-state index in [4.69, 9.17) is 0 Å². The molecule has 0 saturated carbocycles. The Hall–Kier alpha value is -0.590. The summed E-state index contributed by atoms with van der Waals surface area (Å²) in [6, 6.07) is 0. The Labute approximate surface area is 152 Å². The Bertz CT molecular complexity index is 290. The Morgan fingerprint density at radius 2 is 1.08 bits per heavy atom. The van der Waals surface area contributed by atoms with Gasteiger partial charge < -0.3 is 0 Å². The zero-order chi connectivity index (χ0) is 17.9. The molecule has 1 heteroatoms. The monoisotopic (exact) mass is 336 g/mol. The van der Waals surface area contributed by atoms with Gasteiger partial charge in [0.05, 0.1) is 0 Å². The van der Waals surface area contributed by atoms with Crippen LogP contribution in [0, 0.1) is 5.92 Å². The Balaban J connectivity index is 3.14.